The minimum absolute atomic E-state index is 0.0229. The van der Waals surface area contributed by atoms with Crippen molar-refractivity contribution in [1.82, 2.24) is 29.4 Å². The highest BCUT2D eigenvalue weighted by molar-refractivity contribution is 6.02. The number of alkyl halides is 3. The average Bonchev–Trinajstić information content (AvgIpc) is 3.42. The van der Waals surface area contributed by atoms with Crippen LogP contribution in [-0.2, 0) is 31.0 Å². The number of methoxy groups -OCH3 is 1. The normalized spacial score (nSPS) is 14.0. The van der Waals surface area contributed by atoms with Crippen LogP contribution in [0.1, 0.15) is 22.8 Å². The first-order valence-corrected chi connectivity index (χ1v) is 10.8. The molecule has 0 unspecified atom stereocenters. The number of aromatic nitrogens is 5. The number of ether oxygens (including phenoxy) is 1. The Balaban J connectivity index is 1.51. The first kappa shape index (κ1) is 22.6. The molecule has 1 amide bonds. The number of imidazole rings is 1. The van der Waals surface area contributed by atoms with Crippen molar-refractivity contribution in [3.05, 3.63) is 65.5 Å². The van der Waals surface area contributed by atoms with Gasteiger partial charge in [-0.05, 0) is 11.6 Å². The fraction of sp³-hybridized carbons (Fsp3) is 0.250. The van der Waals surface area contributed by atoms with Crippen LogP contribution < -0.4 is 4.74 Å². The number of rotatable bonds is 4. The summed E-state index contributed by atoms with van der Waals surface area (Å²) in [5, 5.41) is 0.657. The molecule has 1 aliphatic rings. The minimum atomic E-state index is -4.56. The molecule has 1 N–H and O–H groups in total. The highest BCUT2D eigenvalue weighted by Gasteiger charge is 2.37. The molecular weight excluding hydrogens is 461 g/mol. The van der Waals surface area contributed by atoms with Gasteiger partial charge in [-0.15, -0.1) is 0 Å². The standard InChI is InChI=1S/C24H21F3N6O2/c1-32-20(14-6-4-3-5-7-14)15(19-21(32)28-13-29-22(19)35-2)8-9-18(34)33-11-10-16-17(12-33)31-23(30-16)24(25,26)27/h3-9,13H,10-12H2,1-2H3,(H,30,31)/b9-8+. The molecule has 0 bridgehead atoms. The van der Waals surface area contributed by atoms with Crippen molar-refractivity contribution in [3.8, 4) is 17.1 Å². The van der Waals surface area contributed by atoms with Gasteiger partial charge >= 0.3 is 6.18 Å². The Morgan fingerprint density at radius 2 is 1.97 bits per heavy atom. The maximum Gasteiger partial charge on any atom is 0.449 e. The van der Waals surface area contributed by atoms with Crippen molar-refractivity contribution >= 4 is 23.0 Å². The van der Waals surface area contributed by atoms with Gasteiger partial charge in [-0.1, -0.05) is 30.3 Å². The smallest absolute Gasteiger partial charge is 0.449 e. The van der Waals surface area contributed by atoms with Crippen LogP contribution in [-0.4, -0.2) is 49.0 Å². The van der Waals surface area contributed by atoms with E-state index >= 15 is 0 Å². The van der Waals surface area contributed by atoms with Crippen LogP contribution in [0.5, 0.6) is 5.88 Å². The van der Waals surface area contributed by atoms with E-state index in [4.69, 9.17) is 4.74 Å². The number of fused-ring (bicyclic) bond motifs is 2. The SMILES string of the molecule is COc1ncnc2c1c(/C=C/C(=O)N1CCc3nc(C(F)(F)F)[nH]c3C1)c(-c1ccccc1)n2C. The fourth-order valence-corrected chi connectivity index (χ4v) is 4.39. The summed E-state index contributed by atoms with van der Waals surface area (Å²) in [6.45, 7) is 0.293. The summed E-state index contributed by atoms with van der Waals surface area (Å²) in [6, 6.07) is 9.65. The third kappa shape index (κ3) is 4.02. The number of nitrogens with zero attached hydrogens (tertiary/aromatic N) is 5. The number of aromatic amines is 1. The van der Waals surface area contributed by atoms with Crippen molar-refractivity contribution < 1.29 is 22.7 Å². The van der Waals surface area contributed by atoms with Gasteiger partial charge in [-0.2, -0.15) is 13.2 Å². The quantitative estimate of drug-likeness (QED) is 0.445. The Kier molecular flexibility index (Phi) is 5.54. The van der Waals surface area contributed by atoms with E-state index in [1.54, 1.807) is 6.08 Å². The van der Waals surface area contributed by atoms with Gasteiger partial charge in [0.05, 0.1) is 36.1 Å². The first-order valence-electron chi connectivity index (χ1n) is 10.8. The number of aryl methyl sites for hydroxylation is 1. The fourth-order valence-electron chi connectivity index (χ4n) is 4.39. The van der Waals surface area contributed by atoms with E-state index in [-0.39, 0.29) is 25.4 Å². The second-order valence-electron chi connectivity index (χ2n) is 8.12. The Labute approximate surface area is 198 Å². The van der Waals surface area contributed by atoms with Gasteiger partial charge in [-0.25, -0.2) is 15.0 Å². The molecule has 180 valence electrons. The van der Waals surface area contributed by atoms with Crippen LogP contribution in [0.3, 0.4) is 0 Å². The third-order valence-electron chi connectivity index (χ3n) is 6.02. The monoisotopic (exact) mass is 482 g/mol. The van der Waals surface area contributed by atoms with Crippen LogP contribution in [0, 0.1) is 0 Å². The molecule has 5 rings (SSSR count). The maximum atomic E-state index is 13.0. The number of hydrogen-bond acceptors (Lipinski definition) is 5. The van der Waals surface area contributed by atoms with Gasteiger partial charge in [0.1, 0.15) is 12.0 Å². The zero-order chi connectivity index (χ0) is 24.7. The van der Waals surface area contributed by atoms with E-state index in [9.17, 15) is 18.0 Å². The van der Waals surface area contributed by atoms with Crippen LogP contribution in [0.25, 0.3) is 28.4 Å². The van der Waals surface area contributed by atoms with E-state index in [2.05, 4.69) is 19.9 Å². The van der Waals surface area contributed by atoms with Crippen molar-refractivity contribution in [2.24, 2.45) is 7.05 Å². The maximum absolute atomic E-state index is 13.0. The molecule has 0 fully saturated rings. The molecule has 1 aliphatic heterocycles. The molecule has 0 aliphatic carbocycles. The lowest BCUT2D eigenvalue weighted by Gasteiger charge is -2.25. The number of benzene rings is 1. The summed E-state index contributed by atoms with van der Waals surface area (Å²) in [5.41, 5.74) is 3.73. The Bertz CT molecular complexity index is 1440. The topological polar surface area (TPSA) is 88.9 Å². The lowest BCUT2D eigenvalue weighted by atomic mass is 10.1. The number of carbonyl (C=O) groups is 1. The summed E-state index contributed by atoms with van der Waals surface area (Å²) in [7, 11) is 3.39. The lowest BCUT2D eigenvalue weighted by molar-refractivity contribution is -0.144. The van der Waals surface area contributed by atoms with Crippen LogP contribution >= 0.6 is 0 Å². The summed E-state index contributed by atoms with van der Waals surface area (Å²) >= 11 is 0. The van der Waals surface area contributed by atoms with Crippen molar-refractivity contribution in [3.63, 3.8) is 0 Å². The van der Waals surface area contributed by atoms with Gasteiger partial charge in [-0.3, -0.25) is 4.79 Å². The number of amides is 1. The highest BCUT2D eigenvalue weighted by Crippen LogP contribution is 2.37. The predicted molar refractivity (Wildman–Crippen MR) is 122 cm³/mol. The number of H-pyrrole nitrogens is 1. The van der Waals surface area contributed by atoms with Gasteiger partial charge in [0.2, 0.25) is 17.6 Å². The molecule has 8 nitrogen and oxygen atoms in total. The molecule has 0 saturated carbocycles. The Hall–Kier alpha value is -4.15. The second kappa shape index (κ2) is 8.57. The van der Waals surface area contributed by atoms with Crippen molar-refractivity contribution in [2.75, 3.05) is 13.7 Å². The summed E-state index contributed by atoms with van der Waals surface area (Å²) < 4.78 is 46.4. The molecule has 4 aromatic rings. The average molecular weight is 482 g/mol. The zero-order valence-electron chi connectivity index (χ0n) is 18.9. The Morgan fingerprint density at radius 3 is 2.69 bits per heavy atom. The van der Waals surface area contributed by atoms with Gasteiger partial charge in [0.15, 0.2) is 0 Å². The number of halogens is 3. The van der Waals surface area contributed by atoms with E-state index in [0.29, 0.717) is 33.9 Å². The van der Waals surface area contributed by atoms with Gasteiger partial charge in [0, 0.05) is 31.7 Å². The predicted octanol–water partition coefficient (Wildman–Crippen LogP) is 3.98. The molecule has 4 heterocycles. The molecule has 1 aromatic carbocycles. The van der Waals surface area contributed by atoms with Crippen molar-refractivity contribution in [2.45, 2.75) is 19.1 Å². The van der Waals surface area contributed by atoms with E-state index in [1.807, 2.05) is 41.9 Å². The van der Waals surface area contributed by atoms with E-state index in [1.165, 1.54) is 24.4 Å². The second-order valence-corrected chi connectivity index (χ2v) is 8.12. The molecular formula is C24H21F3N6O2. The Morgan fingerprint density at radius 1 is 1.20 bits per heavy atom. The third-order valence-corrected chi connectivity index (χ3v) is 6.02. The summed E-state index contributed by atoms with van der Waals surface area (Å²) in [6.07, 6.45) is 0.198. The number of hydrogen-bond donors (Lipinski definition) is 1. The number of nitrogens with one attached hydrogen (secondary N) is 1. The summed E-state index contributed by atoms with van der Waals surface area (Å²) in [4.78, 5) is 29.1. The van der Waals surface area contributed by atoms with Crippen molar-refractivity contribution in [1.29, 1.82) is 0 Å². The molecule has 3 aromatic heterocycles. The van der Waals surface area contributed by atoms with Crippen LogP contribution in [0.15, 0.2) is 42.7 Å². The van der Waals surface area contributed by atoms with Crippen LogP contribution in [0.4, 0.5) is 13.2 Å². The number of carbonyl (C=O) groups excluding carboxylic acids is 1. The molecule has 0 spiro atoms. The zero-order valence-corrected chi connectivity index (χ0v) is 18.9. The molecule has 11 heteroatoms. The molecule has 0 radical (unpaired) electrons. The summed E-state index contributed by atoms with van der Waals surface area (Å²) in [5.74, 6) is -0.993. The van der Waals surface area contributed by atoms with Crippen LogP contribution in [0.2, 0.25) is 0 Å². The highest BCUT2D eigenvalue weighted by atomic mass is 19.4. The van der Waals surface area contributed by atoms with E-state index in [0.717, 1.165) is 11.3 Å². The first-order chi connectivity index (χ1) is 16.8. The molecule has 35 heavy (non-hydrogen) atoms. The minimum Gasteiger partial charge on any atom is -0.480 e. The van der Waals surface area contributed by atoms with Gasteiger partial charge in [0.25, 0.3) is 0 Å². The lowest BCUT2D eigenvalue weighted by Crippen LogP contribution is -2.34. The van der Waals surface area contributed by atoms with Gasteiger partial charge < -0.3 is 19.2 Å². The molecule has 0 saturated heterocycles. The largest absolute Gasteiger partial charge is 0.480 e. The molecule has 0 atom stereocenters. The van der Waals surface area contributed by atoms with E-state index < -0.39 is 12.0 Å².